The minimum Gasteiger partial charge on any atom is -0.314 e. The summed E-state index contributed by atoms with van der Waals surface area (Å²) in [5.74, 6) is 0.655. The number of aromatic amines is 1. The third-order valence-corrected chi connectivity index (χ3v) is 6.80. The van der Waals surface area contributed by atoms with Crippen LogP contribution in [0.15, 0.2) is 126 Å². The zero-order valence-electron chi connectivity index (χ0n) is 21.6. The third kappa shape index (κ3) is 6.14. The summed E-state index contributed by atoms with van der Waals surface area (Å²) in [6, 6.07) is 39.5. The first-order chi connectivity index (χ1) is 20.0. The molecule has 0 aliphatic rings. The van der Waals surface area contributed by atoms with Crippen molar-refractivity contribution in [2.75, 3.05) is 0 Å². The van der Waals surface area contributed by atoms with Crippen molar-refractivity contribution in [1.82, 2.24) is 19.9 Å². The Kier molecular flexibility index (Phi) is 7.50. The zero-order chi connectivity index (χ0) is 28.2. The first kappa shape index (κ1) is 26.3. The molecule has 8 heteroatoms. The molecule has 2 heterocycles. The molecule has 0 saturated carbocycles. The first-order valence-corrected chi connectivity index (χ1v) is 13.5. The van der Waals surface area contributed by atoms with Crippen LogP contribution in [0.5, 0.6) is 0 Å². The number of benzene rings is 4. The van der Waals surface area contributed by atoms with E-state index in [9.17, 15) is 0 Å². The normalized spacial score (nSPS) is 11.4. The van der Waals surface area contributed by atoms with Crippen LogP contribution in [0.25, 0.3) is 45.0 Å². The molecule has 0 fully saturated rings. The van der Waals surface area contributed by atoms with E-state index in [2.05, 4.69) is 51.4 Å². The van der Waals surface area contributed by atoms with Crippen molar-refractivity contribution in [1.29, 1.82) is 5.41 Å². The van der Waals surface area contributed by atoms with Gasteiger partial charge in [0.2, 0.25) is 5.62 Å². The van der Waals surface area contributed by atoms with Gasteiger partial charge in [-0.3, -0.25) is 5.41 Å². The third-order valence-electron chi connectivity index (χ3n) is 6.41. The highest BCUT2D eigenvalue weighted by molar-refractivity contribution is 6.33. The molecule has 0 unspecified atom stereocenters. The summed E-state index contributed by atoms with van der Waals surface area (Å²) in [6.45, 7) is 0. The molecule has 0 aliphatic carbocycles. The summed E-state index contributed by atoms with van der Waals surface area (Å²) in [5, 5.41) is 8.90. The van der Waals surface area contributed by atoms with E-state index in [-0.39, 0.29) is 21.8 Å². The van der Waals surface area contributed by atoms with E-state index < -0.39 is 0 Å². The van der Waals surface area contributed by atoms with E-state index in [1.54, 1.807) is 0 Å². The van der Waals surface area contributed by atoms with Crippen LogP contribution in [0.4, 0.5) is 0 Å². The van der Waals surface area contributed by atoms with Gasteiger partial charge in [0.05, 0.1) is 11.4 Å². The van der Waals surface area contributed by atoms with Crippen LogP contribution in [0.1, 0.15) is 5.56 Å². The SMILES string of the molecule is N=C(/N=c1/nc(Cl)cc(Cl)[nH]1)c1ccc(-c2cc(-c3ccc(-c4ccccc4)cc3)nc(-c3ccccc3)n2)cc1. The lowest BCUT2D eigenvalue weighted by Gasteiger charge is -2.10. The molecule has 198 valence electrons. The minimum atomic E-state index is 0.0190. The van der Waals surface area contributed by atoms with E-state index in [0.717, 1.165) is 39.2 Å². The van der Waals surface area contributed by atoms with Crippen LogP contribution in [0.2, 0.25) is 10.3 Å². The number of amidine groups is 1. The highest BCUT2D eigenvalue weighted by atomic mass is 35.5. The van der Waals surface area contributed by atoms with Gasteiger partial charge in [0.15, 0.2) is 11.7 Å². The molecule has 0 amide bonds. The number of aromatic nitrogens is 4. The predicted octanol–water partition coefficient (Wildman–Crippen LogP) is 8.10. The van der Waals surface area contributed by atoms with E-state index in [4.69, 9.17) is 38.6 Å². The smallest absolute Gasteiger partial charge is 0.231 e. The fourth-order valence-corrected chi connectivity index (χ4v) is 4.79. The first-order valence-electron chi connectivity index (χ1n) is 12.8. The molecular formula is C33H22Cl2N6. The van der Waals surface area contributed by atoms with Crippen molar-refractivity contribution >= 4 is 29.0 Å². The second kappa shape index (κ2) is 11.7. The van der Waals surface area contributed by atoms with Crippen molar-refractivity contribution in [3.8, 4) is 45.0 Å². The molecule has 0 aliphatic heterocycles. The fourth-order valence-electron chi connectivity index (χ4n) is 4.35. The van der Waals surface area contributed by atoms with Gasteiger partial charge in [-0.05, 0) is 17.2 Å². The van der Waals surface area contributed by atoms with Crippen molar-refractivity contribution in [3.05, 3.63) is 143 Å². The summed E-state index contributed by atoms with van der Waals surface area (Å²) in [7, 11) is 0. The number of nitrogens with zero attached hydrogens (tertiary/aromatic N) is 4. The number of rotatable bonds is 5. The number of nitrogens with one attached hydrogen (secondary N) is 2. The Morgan fingerprint density at radius 3 is 1.68 bits per heavy atom. The number of hydrogen-bond donors (Lipinski definition) is 2. The van der Waals surface area contributed by atoms with Gasteiger partial charge in [-0.25, -0.2) is 15.0 Å². The standard InChI is InChI=1S/C33H22Cl2N6/c34-29-20-30(35)40-33(39-29)41-31(36)25-17-15-24(16-18-25)28-19-27(37-32(38-28)26-9-5-2-6-10-26)23-13-11-22(12-14-23)21-7-3-1-4-8-21/h1-20H,(H2,36,39,40,41). The Balaban J connectivity index is 1.36. The molecule has 6 nitrogen and oxygen atoms in total. The lowest BCUT2D eigenvalue weighted by Crippen LogP contribution is -2.15. The van der Waals surface area contributed by atoms with E-state index >= 15 is 0 Å². The molecule has 6 rings (SSSR count). The van der Waals surface area contributed by atoms with Crippen LogP contribution in [0.3, 0.4) is 0 Å². The number of H-pyrrole nitrogens is 1. The maximum atomic E-state index is 8.42. The summed E-state index contributed by atoms with van der Waals surface area (Å²) in [5.41, 5.74) is 7.47. The van der Waals surface area contributed by atoms with E-state index in [1.807, 2.05) is 78.9 Å². The molecule has 0 spiro atoms. The van der Waals surface area contributed by atoms with Crippen LogP contribution in [-0.2, 0) is 0 Å². The van der Waals surface area contributed by atoms with E-state index in [1.165, 1.54) is 6.07 Å². The van der Waals surface area contributed by atoms with Crippen LogP contribution in [-0.4, -0.2) is 25.8 Å². The highest BCUT2D eigenvalue weighted by Gasteiger charge is 2.12. The molecule has 6 aromatic rings. The molecule has 41 heavy (non-hydrogen) atoms. The molecule has 4 aromatic carbocycles. The molecule has 2 aromatic heterocycles. The average Bonchev–Trinajstić information content (AvgIpc) is 3.01. The van der Waals surface area contributed by atoms with Crippen molar-refractivity contribution in [2.45, 2.75) is 0 Å². The molecule has 0 saturated heterocycles. The number of hydrogen-bond acceptors (Lipinski definition) is 4. The monoisotopic (exact) mass is 572 g/mol. The molecule has 2 N–H and O–H groups in total. The molecular weight excluding hydrogens is 551 g/mol. The maximum Gasteiger partial charge on any atom is 0.231 e. The Morgan fingerprint density at radius 1 is 0.585 bits per heavy atom. The Bertz CT molecular complexity index is 1880. The van der Waals surface area contributed by atoms with Crippen LogP contribution < -0.4 is 5.62 Å². The lowest BCUT2D eigenvalue weighted by molar-refractivity contribution is 1.02. The van der Waals surface area contributed by atoms with E-state index in [0.29, 0.717) is 11.4 Å². The fraction of sp³-hybridized carbons (Fsp3) is 0. The van der Waals surface area contributed by atoms with Gasteiger partial charge in [0, 0.05) is 28.3 Å². The lowest BCUT2D eigenvalue weighted by atomic mass is 10.0. The summed E-state index contributed by atoms with van der Waals surface area (Å²) in [4.78, 5) is 20.9. The largest absolute Gasteiger partial charge is 0.314 e. The summed E-state index contributed by atoms with van der Waals surface area (Å²) >= 11 is 12.0. The van der Waals surface area contributed by atoms with Crippen LogP contribution in [0, 0.1) is 5.41 Å². The summed E-state index contributed by atoms with van der Waals surface area (Å²) in [6.07, 6.45) is 0. The average molecular weight is 573 g/mol. The van der Waals surface area contributed by atoms with Crippen molar-refractivity contribution in [2.24, 2.45) is 4.99 Å². The van der Waals surface area contributed by atoms with Gasteiger partial charge in [0.1, 0.15) is 10.3 Å². The molecule has 0 atom stereocenters. The minimum absolute atomic E-state index is 0.0190. The van der Waals surface area contributed by atoms with Gasteiger partial charge in [-0.1, -0.05) is 132 Å². The topological polar surface area (TPSA) is 90.7 Å². The molecule has 0 radical (unpaired) electrons. The Hall–Kier alpha value is -4.91. The van der Waals surface area contributed by atoms with Crippen molar-refractivity contribution in [3.63, 3.8) is 0 Å². The van der Waals surface area contributed by atoms with Gasteiger partial charge >= 0.3 is 0 Å². The predicted molar refractivity (Wildman–Crippen MR) is 165 cm³/mol. The quantitative estimate of drug-likeness (QED) is 0.124. The second-order valence-corrected chi connectivity index (χ2v) is 9.98. The highest BCUT2D eigenvalue weighted by Crippen LogP contribution is 2.29. The number of halogens is 2. The Morgan fingerprint density at radius 2 is 1.10 bits per heavy atom. The van der Waals surface area contributed by atoms with Crippen LogP contribution >= 0.6 is 23.2 Å². The van der Waals surface area contributed by atoms with Gasteiger partial charge in [-0.2, -0.15) is 4.99 Å². The maximum absolute atomic E-state index is 8.42. The van der Waals surface area contributed by atoms with Crippen molar-refractivity contribution < 1.29 is 0 Å². The van der Waals surface area contributed by atoms with Gasteiger partial charge in [-0.15, -0.1) is 0 Å². The Labute approximate surface area is 246 Å². The van der Waals surface area contributed by atoms with Gasteiger partial charge < -0.3 is 4.98 Å². The zero-order valence-corrected chi connectivity index (χ0v) is 23.1. The molecule has 0 bridgehead atoms. The second-order valence-electron chi connectivity index (χ2n) is 9.18. The van der Waals surface area contributed by atoms with Gasteiger partial charge in [0.25, 0.3) is 0 Å². The summed E-state index contributed by atoms with van der Waals surface area (Å²) < 4.78 is 0.